The van der Waals surface area contributed by atoms with Crippen LogP contribution < -0.4 is 9.64 Å². The van der Waals surface area contributed by atoms with Gasteiger partial charge in [0.15, 0.2) is 5.71 Å². The number of anilines is 1. The maximum absolute atomic E-state index is 12.8. The quantitative estimate of drug-likeness (QED) is 0.395. The summed E-state index contributed by atoms with van der Waals surface area (Å²) < 4.78 is 79.4. The highest BCUT2D eigenvalue weighted by Crippen LogP contribution is 2.53. The van der Waals surface area contributed by atoms with E-state index in [1.165, 1.54) is 34.7 Å². The molecule has 0 fully saturated rings. The van der Waals surface area contributed by atoms with Crippen LogP contribution in [0.5, 0.6) is 5.75 Å². The van der Waals surface area contributed by atoms with Crippen molar-refractivity contribution in [2.45, 2.75) is 67.3 Å². The maximum Gasteiger partial charge on any atom is 0.295 e. The first-order valence-corrected chi connectivity index (χ1v) is 17.7. The minimum atomic E-state index is -4.87. The van der Waals surface area contributed by atoms with E-state index in [4.69, 9.17) is 4.74 Å². The molecule has 5 aliphatic heterocycles. The molecule has 0 amide bonds. The average molecular weight is 610 g/mol. The molecule has 1 aliphatic carbocycles. The van der Waals surface area contributed by atoms with Gasteiger partial charge in [-0.25, -0.2) is 4.58 Å². The van der Waals surface area contributed by atoms with Crippen LogP contribution in [-0.2, 0) is 33.1 Å². The summed E-state index contributed by atoms with van der Waals surface area (Å²) >= 11 is 0. The van der Waals surface area contributed by atoms with Crippen molar-refractivity contribution in [2.75, 3.05) is 31.1 Å². The molecule has 0 saturated heterocycles. The minimum Gasteiger partial charge on any atom is -0.484 e. The van der Waals surface area contributed by atoms with Gasteiger partial charge < -0.3 is 9.64 Å². The standard InChI is InChI=1S/C31H32N2O7S2/c34-41(35,36)20-9-10-21(26(17-20)42(37,38)39)27-24-15-18-5-1-11-32-13-3-7-22(28(18)32)30(24)40-31-23-8-4-14-33-12-2-6-19(29(23)33)16-25(27)31/h9-10,15-17,22,30H,1-8,11-14H2,(H-,34,35,36,37,38,39)/p+1. The number of allylic oxidation sites excluding steroid dienone is 1. The lowest BCUT2D eigenvalue weighted by Gasteiger charge is -2.44. The van der Waals surface area contributed by atoms with E-state index in [9.17, 15) is 25.9 Å². The smallest absolute Gasteiger partial charge is 0.295 e. The molecule has 0 spiro atoms. The van der Waals surface area contributed by atoms with Crippen molar-refractivity contribution in [3.63, 3.8) is 0 Å². The van der Waals surface area contributed by atoms with Crippen molar-refractivity contribution in [1.29, 1.82) is 0 Å². The Hall–Kier alpha value is -2.99. The third kappa shape index (κ3) is 3.97. The monoisotopic (exact) mass is 609 g/mol. The topological polar surface area (TPSA) is 124 Å². The van der Waals surface area contributed by atoms with Crippen LogP contribution in [0.1, 0.15) is 60.8 Å². The number of aryl methyl sites for hydroxylation is 1. The Bertz CT molecular complexity index is 1880. The molecule has 0 saturated carbocycles. The summed E-state index contributed by atoms with van der Waals surface area (Å²) in [5, 5.41) is 0. The van der Waals surface area contributed by atoms with Crippen molar-refractivity contribution < 1.29 is 35.3 Å². The molecule has 9 nitrogen and oxygen atoms in total. The van der Waals surface area contributed by atoms with E-state index >= 15 is 0 Å². The molecule has 5 heterocycles. The van der Waals surface area contributed by atoms with Crippen LogP contribution >= 0.6 is 0 Å². The summed E-state index contributed by atoms with van der Waals surface area (Å²) in [5.41, 5.74) is 8.72. The van der Waals surface area contributed by atoms with E-state index in [0.717, 1.165) is 106 Å². The van der Waals surface area contributed by atoms with Gasteiger partial charge in [-0.15, -0.1) is 0 Å². The third-order valence-corrected chi connectivity index (χ3v) is 11.7. The van der Waals surface area contributed by atoms with Gasteiger partial charge in [-0.3, -0.25) is 9.11 Å². The van der Waals surface area contributed by atoms with Crippen molar-refractivity contribution in [3.8, 4) is 5.75 Å². The lowest BCUT2D eigenvalue weighted by Crippen LogP contribution is -2.49. The Morgan fingerprint density at radius 1 is 0.881 bits per heavy atom. The number of hydrogen-bond donors (Lipinski definition) is 2. The first-order chi connectivity index (χ1) is 20.1. The normalized spacial score (nSPS) is 24.7. The summed E-state index contributed by atoms with van der Waals surface area (Å²) in [5.74, 6) is 0.890. The molecule has 0 bridgehead atoms. The molecule has 42 heavy (non-hydrogen) atoms. The van der Waals surface area contributed by atoms with E-state index in [1.54, 1.807) is 0 Å². The first-order valence-electron chi connectivity index (χ1n) is 14.9. The Morgan fingerprint density at radius 2 is 1.67 bits per heavy atom. The predicted octanol–water partition coefficient (Wildman–Crippen LogP) is 4.04. The van der Waals surface area contributed by atoms with Gasteiger partial charge in [-0.2, -0.15) is 16.8 Å². The van der Waals surface area contributed by atoms with Crippen molar-refractivity contribution in [2.24, 2.45) is 5.92 Å². The summed E-state index contributed by atoms with van der Waals surface area (Å²) in [4.78, 5) is 1.32. The number of hydrogen-bond acceptors (Lipinski definition) is 6. The Balaban J connectivity index is 1.48. The van der Waals surface area contributed by atoms with Crippen molar-refractivity contribution in [1.82, 2.24) is 0 Å². The molecule has 6 aliphatic rings. The molecule has 8 rings (SSSR count). The molecule has 2 atom stereocenters. The van der Waals surface area contributed by atoms with E-state index in [2.05, 4.69) is 21.6 Å². The number of rotatable bonds is 3. The Labute approximate surface area is 245 Å². The SMILES string of the molecule is O=S(=O)(O)c1ccc(C2=C3C=C4CCC[N+]5=C4C(CCC5)C3Oc3c2cc2c4c3CCCN4CCC2)c(S(=O)(=O)O)c1. The van der Waals surface area contributed by atoms with Gasteiger partial charge in [0.1, 0.15) is 29.8 Å². The number of ether oxygens (including phenoxy) is 1. The number of nitrogens with zero attached hydrogens (tertiary/aromatic N) is 2. The second kappa shape index (κ2) is 9.25. The highest BCUT2D eigenvalue weighted by Gasteiger charge is 2.48. The lowest BCUT2D eigenvalue weighted by atomic mass is 9.71. The van der Waals surface area contributed by atoms with Gasteiger partial charge in [-0.1, -0.05) is 6.07 Å². The molecule has 2 aromatic carbocycles. The molecular formula is C31H33N2O7S2+. The van der Waals surface area contributed by atoms with Crippen LogP contribution in [0, 0.1) is 5.92 Å². The van der Waals surface area contributed by atoms with Crippen molar-refractivity contribution >= 4 is 37.2 Å². The van der Waals surface area contributed by atoms with Crippen LogP contribution in [0.15, 0.2) is 51.3 Å². The van der Waals surface area contributed by atoms with Crippen LogP contribution in [0.3, 0.4) is 0 Å². The zero-order chi connectivity index (χ0) is 29.0. The zero-order valence-corrected chi connectivity index (χ0v) is 24.8. The van der Waals surface area contributed by atoms with Crippen molar-refractivity contribution in [3.05, 3.63) is 63.7 Å². The van der Waals surface area contributed by atoms with E-state index in [-0.39, 0.29) is 17.6 Å². The largest absolute Gasteiger partial charge is 0.484 e. The van der Waals surface area contributed by atoms with Crippen LogP contribution in [0.4, 0.5) is 5.69 Å². The van der Waals surface area contributed by atoms with Gasteiger partial charge in [-0.05, 0) is 68.4 Å². The van der Waals surface area contributed by atoms with E-state index in [1.807, 2.05) is 0 Å². The fourth-order valence-corrected chi connectivity index (χ4v) is 9.67. The van der Waals surface area contributed by atoms with Gasteiger partial charge in [0.05, 0.1) is 10.8 Å². The molecule has 0 radical (unpaired) electrons. The highest BCUT2D eigenvalue weighted by molar-refractivity contribution is 7.86. The number of fused-ring (bicyclic) bond motifs is 4. The van der Waals surface area contributed by atoms with Crippen LogP contribution in [0.25, 0.3) is 5.57 Å². The minimum absolute atomic E-state index is 0.117. The summed E-state index contributed by atoms with van der Waals surface area (Å²) in [7, 11) is -9.58. The van der Waals surface area contributed by atoms with Crippen LogP contribution in [-0.4, -0.2) is 68.5 Å². The predicted molar refractivity (Wildman–Crippen MR) is 157 cm³/mol. The van der Waals surface area contributed by atoms with Gasteiger partial charge in [0, 0.05) is 65.0 Å². The number of benzene rings is 2. The average Bonchev–Trinajstić information content (AvgIpc) is 2.96. The van der Waals surface area contributed by atoms with E-state index < -0.39 is 30.0 Å². The molecule has 2 unspecified atom stereocenters. The Morgan fingerprint density at radius 3 is 2.45 bits per heavy atom. The van der Waals surface area contributed by atoms with E-state index in [0.29, 0.717) is 5.57 Å². The van der Waals surface area contributed by atoms with Gasteiger partial charge in [0.25, 0.3) is 20.2 Å². The Kier molecular flexibility index (Phi) is 5.87. The van der Waals surface area contributed by atoms with Gasteiger partial charge >= 0.3 is 0 Å². The molecule has 2 aromatic rings. The zero-order valence-electron chi connectivity index (χ0n) is 23.2. The fourth-order valence-electron chi connectivity index (χ4n) is 8.36. The lowest BCUT2D eigenvalue weighted by molar-refractivity contribution is -0.538. The second-order valence-corrected chi connectivity index (χ2v) is 15.1. The molecule has 2 N–H and O–H groups in total. The maximum atomic E-state index is 12.8. The summed E-state index contributed by atoms with van der Waals surface area (Å²) in [6, 6.07) is 5.60. The third-order valence-electron chi connectivity index (χ3n) is 9.91. The highest BCUT2D eigenvalue weighted by atomic mass is 32.2. The molecular weight excluding hydrogens is 576 g/mol. The molecule has 11 heteroatoms. The van der Waals surface area contributed by atoms with Gasteiger partial charge in [0.2, 0.25) is 0 Å². The first kappa shape index (κ1) is 26.6. The molecule has 0 aromatic heterocycles. The summed E-state index contributed by atoms with van der Waals surface area (Å²) in [6.07, 6.45) is 9.58. The van der Waals surface area contributed by atoms with Crippen LogP contribution in [0.2, 0.25) is 0 Å². The summed E-state index contributed by atoms with van der Waals surface area (Å²) in [6.45, 7) is 4.05. The second-order valence-electron chi connectivity index (χ2n) is 12.3. The fraction of sp³-hybridized carbons (Fsp3) is 0.452. The molecule has 220 valence electrons.